The van der Waals surface area contributed by atoms with Crippen LogP contribution in [0.25, 0.3) is 0 Å². The summed E-state index contributed by atoms with van der Waals surface area (Å²) in [6, 6.07) is 0. The quantitative estimate of drug-likeness (QED) is 0.645. The molecule has 4 aliphatic carbocycles. The molecule has 5 aliphatic rings. The van der Waals surface area contributed by atoms with Gasteiger partial charge >= 0.3 is 0 Å². The summed E-state index contributed by atoms with van der Waals surface area (Å²) in [5, 5.41) is 0. The highest BCUT2D eigenvalue weighted by molar-refractivity contribution is 5.36. The highest BCUT2D eigenvalue weighted by atomic mass is 16.6. The van der Waals surface area contributed by atoms with Gasteiger partial charge in [-0.2, -0.15) is 0 Å². The molecule has 1 heterocycles. The van der Waals surface area contributed by atoms with Gasteiger partial charge in [-0.15, -0.1) is 0 Å². The maximum Gasteiger partial charge on any atom is 0.0972 e. The standard InChI is InChI=1S/C21H30O2/c1-19-9-6-15(22-3)12-14(19)4-5-16-17(19)7-10-20(2)18(16)8-11-21(20)13-23-21/h4,12,16-18H,5-11,13H2,1-3H3/t16-,17-,18-,19-,20+,21-/m0/s1. The van der Waals surface area contributed by atoms with Crippen molar-refractivity contribution in [3.05, 3.63) is 23.5 Å². The Bertz CT molecular complexity index is 599. The van der Waals surface area contributed by atoms with Crippen molar-refractivity contribution < 1.29 is 9.47 Å². The van der Waals surface area contributed by atoms with Crippen LogP contribution in [0.4, 0.5) is 0 Å². The summed E-state index contributed by atoms with van der Waals surface area (Å²) in [7, 11) is 1.82. The van der Waals surface area contributed by atoms with Crippen molar-refractivity contribution in [2.75, 3.05) is 13.7 Å². The Balaban J connectivity index is 1.51. The zero-order valence-electron chi connectivity index (χ0n) is 14.9. The van der Waals surface area contributed by atoms with Crippen molar-refractivity contribution in [2.45, 2.75) is 64.4 Å². The lowest BCUT2D eigenvalue weighted by Crippen LogP contribution is -2.50. The smallest absolute Gasteiger partial charge is 0.0972 e. The number of allylic oxidation sites excluding steroid dienone is 4. The maximum absolute atomic E-state index is 6.03. The van der Waals surface area contributed by atoms with Crippen molar-refractivity contribution in [1.82, 2.24) is 0 Å². The van der Waals surface area contributed by atoms with E-state index < -0.39 is 0 Å². The number of ether oxygens (including phenoxy) is 2. The van der Waals surface area contributed by atoms with Crippen molar-refractivity contribution in [2.24, 2.45) is 28.6 Å². The predicted octanol–water partition coefficient (Wildman–Crippen LogP) is 4.86. The van der Waals surface area contributed by atoms with Gasteiger partial charge < -0.3 is 9.47 Å². The first-order valence-corrected chi connectivity index (χ1v) is 9.62. The van der Waals surface area contributed by atoms with Crippen molar-refractivity contribution in [3.8, 4) is 0 Å². The van der Waals surface area contributed by atoms with E-state index in [1.807, 2.05) is 7.11 Å². The molecule has 6 atom stereocenters. The highest BCUT2D eigenvalue weighted by Gasteiger charge is 2.69. The van der Waals surface area contributed by atoms with E-state index >= 15 is 0 Å². The molecular formula is C21H30O2. The largest absolute Gasteiger partial charge is 0.501 e. The van der Waals surface area contributed by atoms with Gasteiger partial charge in [0.05, 0.1) is 25.1 Å². The molecule has 0 aromatic heterocycles. The molecule has 2 heteroatoms. The lowest BCUT2D eigenvalue weighted by molar-refractivity contribution is -0.0446. The van der Waals surface area contributed by atoms with Crippen LogP contribution >= 0.6 is 0 Å². The summed E-state index contributed by atoms with van der Waals surface area (Å²) in [6.45, 7) is 6.13. The minimum Gasteiger partial charge on any atom is -0.501 e. The van der Waals surface area contributed by atoms with E-state index in [0.717, 1.165) is 30.8 Å². The molecule has 0 unspecified atom stereocenters. The van der Waals surface area contributed by atoms with E-state index in [1.54, 1.807) is 5.57 Å². The second-order valence-corrected chi connectivity index (χ2v) is 9.28. The summed E-state index contributed by atoms with van der Waals surface area (Å²) in [5.41, 5.74) is 2.69. The number of epoxide rings is 1. The van der Waals surface area contributed by atoms with E-state index in [0.29, 0.717) is 10.8 Å². The third-order valence-electron chi connectivity index (χ3n) is 8.78. The van der Waals surface area contributed by atoms with Crippen molar-refractivity contribution in [1.29, 1.82) is 0 Å². The SMILES string of the molecule is COC1=CC2=CC[C@H]3[C@H](CC[C@]4(C)[C@H]3CC[C@]43CO3)[C@@]2(C)CC1. The molecule has 2 saturated carbocycles. The summed E-state index contributed by atoms with van der Waals surface area (Å²) in [5.74, 6) is 3.80. The highest BCUT2D eigenvalue weighted by Crippen LogP contribution is 2.70. The van der Waals surface area contributed by atoms with Crippen LogP contribution in [-0.4, -0.2) is 19.3 Å². The molecule has 0 amide bonds. The van der Waals surface area contributed by atoms with Gasteiger partial charge in [0.2, 0.25) is 0 Å². The molecule has 5 rings (SSSR count). The number of fused-ring (bicyclic) bond motifs is 6. The van der Waals surface area contributed by atoms with Crippen LogP contribution in [0.1, 0.15) is 58.8 Å². The average molecular weight is 314 g/mol. The molecule has 1 spiro atoms. The molecule has 0 bridgehead atoms. The van der Waals surface area contributed by atoms with Gasteiger partial charge in [0.1, 0.15) is 0 Å². The Hall–Kier alpha value is -0.760. The Morgan fingerprint density at radius 3 is 2.65 bits per heavy atom. The minimum absolute atomic E-state index is 0.281. The van der Waals surface area contributed by atoms with Gasteiger partial charge in [-0.25, -0.2) is 0 Å². The van der Waals surface area contributed by atoms with Crippen LogP contribution in [0.5, 0.6) is 0 Å². The molecule has 3 fully saturated rings. The molecule has 0 aromatic carbocycles. The topological polar surface area (TPSA) is 21.8 Å². The molecule has 126 valence electrons. The fraction of sp³-hybridized carbons (Fsp3) is 0.810. The van der Waals surface area contributed by atoms with Crippen LogP contribution in [0.3, 0.4) is 0 Å². The Kier molecular flexibility index (Phi) is 2.82. The van der Waals surface area contributed by atoms with Crippen molar-refractivity contribution in [3.63, 3.8) is 0 Å². The van der Waals surface area contributed by atoms with Gasteiger partial charge in [-0.05, 0) is 73.3 Å². The summed E-state index contributed by atoms with van der Waals surface area (Å²) >= 11 is 0. The van der Waals surface area contributed by atoms with Crippen molar-refractivity contribution >= 4 is 0 Å². The van der Waals surface area contributed by atoms with E-state index in [1.165, 1.54) is 44.3 Å². The minimum atomic E-state index is 0.281. The fourth-order valence-electron chi connectivity index (χ4n) is 7.11. The Morgan fingerprint density at radius 2 is 1.91 bits per heavy atom. The molecule has 0 aromatic rings. The van der Waals surface area contributed by atoms with Crippen LogP contribution in [0.2, 0.25) is 0 Å². The molecule has 1 saturated heterocycles. The normalized spacial score (nSPS) is 53.8. The molecular weight excluding hydrogens is 284 g/mol. The zero-order chi connectivity index (χ0) is 15.9. The molecule has 2 nitrogen and oxygen atoms in total. The first kappa shape index (κ1) is 14.6. The first-order valence-electron chi connectivity index (χ1n) is 9.62. The summed E-state index contributed by atoms with van der Waals surface area (Å²) in [4.78, 5) is 0. The van der Waals surface area contributed by atoms with E-state index in [-0.39, 0.29) is 5.60 Å². The lowest BCUT2D eigenvalue weighted by Gasteiger charge is -2.56. The van der Waals surface area contributed by atoms with E-state index in [9.17, 15) is 0 Å². The van der Waals surface area contributed by atoms with Crippen LogP contribution in [0.15, 0.2) is 23.5 Å². The van der Waals surface area contributed by atoms with Gasteiger partial charge in [0.25, 0.3) is 0 Å². The Morgan fingerprint density at radius 1 is 1.13 bits per heavy atom. The summed E-state index contributed by atoms with van der Waals surface area (Å²) < 4.78 is 11.6. The third-order valence-corrected chi connectivity index (χ3v) is 8.78. The van der Waals surface area contributed by atoms with Crippen LogP contribution < -0.4 is 0 Å². The van der Waals surface area contributed by atoms with Crippen LogP contribution in [-0.2, 0) is 9.47 Å². The number of rotatable bonds is 1. The molecule has 23 heavy (non-hydrogen) atoms. The van der Waals surface area contributed by atoms with Gasteiger partial charge in [0.15, 0.2) is 0 Å². The predicted molar refractivity (Wildman–Crippen MR) is 90.9 cm³/mol. The number of hydrogen-bond acceptors (Lipinski definition) is 2. The summed E-state index contributed by atoms with van der Waals surface area (Å²) in [6.07, 6.45) is 14.1. The first-order chi connectivity index (χ1) is 11.0. The molecule has 0 N–H and O–H groups in total. The van der Waals surface area contributed by atoms with Gasteiger partial charge in [-0.3, -0.25) is 0 Å². The lowest BCUT2D eigenvalue weighted by atomic mass is 9.48. The van der Waals surface area contributed by atoms with Gasteiger partial charge in [0, 0.05) is 11.8 Å². The van der Waals surface area contributed by atoms with E-state index in [4.69, 9.17) is 9.47 Å². The van der Waals surface area contributed by atoms with Gasteiger partial charge in [-0.1, -0.05) is 19.9 Å². The number of hydrogen-bond donors (Lipinski definition) is 0. The second-order valence-electron chi connectivity index (χ2n) is 9.28. The zero-order valence-corrected chi connectivity index (χ0v) is 14.9. The average Bonchev–Trinajstić information content (AvgIpc) is 3.28. The maximum atomic E-state index is 6.03. The second kappa shape index (κ2) is 4.45. The Labute approximate surface area is 140 Å². The molecule has 0 radical (unpaired) electrons. The molecule has 1 aliphatic heterocycles. The van der Waals surface area contributed by atoms with Crippen LogP contribution in [0, 0.1) is 28.6 Å². The number of methoxy groups -OCH3 is 1. The van der Waals surface area contributed by atoms with E-state index in [2.05, 4.69) is 26.0 Å². The third kappa shape index (κ3) is 1.69. The fourth-order valence-corrected chi connectivity index (χ4v) is 7.11. The monoisotopic (exact) mass is 314 g/mol.